The average Bonchev–Trinajstić information content (AvgIpc) is 2.71. The molecule has 0 saturated heterocycles. The topological polar surface area (TPSA) is 68.0 Å². The van der Waals surface area contributed by atoms with Gasteiger partial charge in [-0.2, -0.15) is 0 Å². The van der Waals surface area contributed by atoms with E-state index < -0.39 is 21.8 Å². The van der Waals surface area contributed by atoms with Crippen molar-refractivity contribution in [3.05, 3.63) is 57.6 Å². The average molecular weight is 398 g/mol. The van der Waals surface area contributed by atoms with E-state index >= 15 is 0 Å². The molecule has 1 heterocycles. The molecule has 8 heteroatoms. The Morgan fingerprint density at radius 3 is 2.78 bits per heavy atom. The predicted octanol–water partition coefficient (Wildman–Crippen LogP) is 3.75. The molecule has 0 fully saturated rings. The summed E-state index contributed by atoms with van der Waals surface area (Å²) in [4.78, 5) is 3.19. The maximum atomic E-state index is 13.4. The number of sulfone groups is 1. The van der Waals surface area contributed by atoms with Gasteiger partial charge in [0.25, 0.3) is 0 Å². The minimum Gasteiger partial charge on any atom is -0.457 e. The first kappa shape index (κ1) is 15.9. The van der Waals surface area contributed by atoms with Crippen molar-refractivity contribution >= 4 is 31.5 Å². The van der Waals surface area contributed by atoms with Crippen LogP contribution in [0.2, 0.25) is 0 Å². The molecule has 1 N–H and O–H groups in total. The minimum atomic E-state index is -3.52. The predicted molar refractivity (Wildman–Crippen MR) is 83.9 cm³/mol. The summed E-state index contributed by atoms with van der Waals surface area (Å²) in [6.07, 6.45) is -1.15. The minimum absolute atomic E-state index is 0.0466. The third kappa shape index (κ3) is 2.83. The van der Waals surface area contributed by atoms with Crippen molar-refractivity contribution in [1.82, 2.24) is 0 Å². The smallest absolute Gasteiger partial charge is 0.193 e. The first-order valence-corrected chi connectivity index (χ1v) is 8.85. The van der Waals surface area contributed by atoms with E-state index in [4.69, 9.17) is 11.3 Å². The van der Waals surface area contributed by atoms with Crippen LogP contribution in [0.5, 0.6) is 11.5 Å². The van der Waals surface area contributed by atoms with E-state index in [0.717, 1.165) is 12.1 Å². The van der Waals surface area contributed by atoms with Crippen LogP contribution in [-0.4, -0.2) is 19.3 Å². The Balaban J connectivity index is 2.06. The van der Waals surface area contributed by atoms with Gasteiger partial charge in [0.15, 0.2) is 15.5 Å². The van der Waals surface area contributed by atoms with Crippen LogP contribution >= 0.6 is 15.9 Å². The normalized spacial score (nSPS) is 18.3. The quantitative estimate of drug-likeness (QED) is 0.783. The number of benzene rings is 2. The Labute approximate surface area is 140 Å². The van der Waals surface area contributed by atoms with Crippen molar-refractivity contribution in [2.45, 2.75) is 11.0 Å². The number of rotatable bonds is 2. The van der Waals surface area contributed by atoms with E-state index in [1.54, 1.807) is 0 Å². The Morgan fingerprint density at radius 1 is 1.35 bits per heavy atom. The van der Waals surface area contributed by atoms with Gasteiger partial charge in [0, 0.05) is 11.6 Å². The molecule has 0 saturated carbocycles. The molecule has 0 bridgehead atoms. The Bertz CT molecular complexity index is 953. The molecule has 5 nitrogen and oxygen atoms in total. The summed E-state index contributed by atoms with van der Waals surface area (Å²) in [5, 5.41) is 9.95. The molecule has 118 valence electrons. The maximum absolute atomic E-state index is 13.4. The van der Waals surface area contributed by atoms with E-state index in [9.17, 15) is 17.9 Å². The molecule has 0 amide bonds. The standard InChI is InChI=1S/C15H9BrFNO4S/c1-18-9-4-8(17)5-10(6-9)22-12-2-3-13-14(15(12)16)11(19)7-23(13,20)21/h2-6,11,19H,7H2/t11-/m0/s1. The number of hydrogen-bond acceptors (Lipinski definition) is 4. The van der Waals surface area contributed by atoms with Crippen LogP contribution in [-0.2, 0) is 9.84 Å². The van der Waals surface area contributed by atoms with E-state index in [2.05, 4.69) is 20.8 Å². The lowest BCUT2D eigenvalue weighted by Crippen LogP contribution is -2.02. The fraction of sp³-hybridized carbons (Fsp3) is 0.133. The summed E-state index contributed by atoms with van der Waals surface area (Å²) in [6, 6.07) is 6.31. The van der Waals surface area contributed by atoms with Crippen molar-refractivity contribution in [2.24, 2.45) is 0 Å². The highest BCUT2D eigenvalue weighted by Gasteiger charge is 2.36. The van der Waals surface area contributed by atoms with E-state index in [1.165, 1.54) is 18.2 Å². The molecule has 23 heavy (non-hydrogen) atoms. The third-order valence-corrected chi connectivity index (χ3v) is 5.96. The molecule has 1 aliphatic rings. The van der Waals surface area contributed by atoms with Gasteiger partial charge >= 0.3 is 0 Å². The lowest BCUT2D eigenvalue weighted by molar-refractivity contribution is 0.203. The van der Waals surface area contributed by atoms with Crippen molar-refractivity contribution in [3.63, 3.8) is 0 Å². The molecule has 3 rings (SSSR count). The van der Waals surface area contributed by atoms with Gasteiger partial charge in [-0.1, -0.05) is 0 Å². The van der Waals surface area contributed by atoms with Gasteiger partial charge in [-0.05, 0) is 40.2 Å². The Hall–Kier alpha value is -1.95. The number of ether oxygens (including phenoxy) is 1. The molecular formula is C15H9BrFNO4S. The SMILES string of the molecule is [C-]#[N+]c1cc(F)cc(Oc2ccc3c(c2Br)[C@@H](O)CS3(=O)=O)c1. The van der Waals surface area contributed by atoms with Crippen LogP contribution in [0.4, 0.5) is 10.1 Å². The second-order valence-electron chi connectivity index (χ2n) is 4.95. The van der Waals surface area contributed by atoms with Crippen LogP contribution in [0, 0.1) is 12.4 Å². The van der Waals surface area contributed by atoms with Gasteiger partial charge < -0.3 is 9.84 Å². The van der Waals surface area contributed by atoms with Gasteiger partial charge in [-0.15, -0.1) is 0 Å². The number of hydrogen-bond donors (Lipinski definition) is 1. The monoisotopic (exact) mass is 397 g/mol. The number of nitrogens with zero attached hydrogens (tertiary/aromatic N) is 1. The molecule has 2 aromatic carbocycles. The number of aliphatic hydroxyl groups is 1. The van der Waals surface area contributed by atoms with Crippen molar-refractivity contribution < 1.29 is 22.7 Å². The Kier molecular flexibility index (Phi) is 3.88. The number of fused-ring (bicyclic) bond motifs is 1. The zero-order chi connectivity index (χ0) is 16.8. The number of aliphatic hydroxyl groups excluding tert-OH is 1. The summed E-state index contributed by atoms with van der Waals surface area (Å²) in [5.74, 6) is -0.673. The largest absolute Gasteiger partial charge is 0.457 e. The van der Waals surface area contributed by atoms with Crippen LogP contribution in [0.1, 0.15) is 11.7 Å². The van der Waals surface area contributed by atoms with Crippen molar-refractivity contribution in [3.8, 4) is 11.5 Å². The summed E-state index contributed by atoms with van der Waals surface area (Å²) >= 11 is 3.23. The highest BCUT2D eigenvalue weighted by atomic mass is 79.9. The highest BCUT2D eigenvalue weighted by Crippen LogP contribution is 2.44. The van der Waals surface area contributed by atoms with Crippen molar-refractivity contribution in [2.75, 3.05) is 5.75 Å². The van der Waals surface area contributed by atoms with Crippen LogP contribution in [0.3, 0.4) is 0 Å². The molecular weight excluding hydrogens is 389 g/mol. The Morgan fingerprint density at radius 2 is 2.09 bits per heavy atom. The van der Waals surface area contributed by atoms with Gasteiger partial charge in [0.1, 0.15) is 17.3 Å². The van der Waals surface area contributed by atoms with Crippen LogP contribution < -0.4 is 4.74 Å². The molecule has 0 unspecified atom stereocenters. The molecule has 0 spiro atoms. The van der Waals surface area contributed by atoms with Gasteiger partial charge in [-0.25, -0.2) is 17.7 Å². The molecule has 0 aliphatic carbocycles. The second kappa shape index (κ2) is 5.60. The molecule has 0 aromatic heterocycles. The lowest BCUT2D eigenvalue weighted by atomic mass is 10.1. The summed E-state index contributed by atoms with van der Waals surface area (Å²) in [6.45, 7) is 6.92. The molecule has 2 aromatic rings. The lowest BCUT2D eigenvalue weighted by Gasteiger charge is -2.12. The van der Waals surface area contributed by atoms with E-state index in [0.29, 0.717) is 0 Å². The fourth-order valence-electron chi connectivity index (χ4n) is 2.40. The highest BCUT2D eigenvalue weighted by molar-refractivity contribution is 9.10. The maximum Gasteiger partial charge on any atom is 0.193 e. The zero-order valence-electron chi connectivity index (χ0n) is 11.5. The van der Waals surface area contributed by atoms with Crippen LogP contribution in [0.15, 0.2) is 39.7 Å². The molecule has 1 aliphatic heterocycles. The van der Waals surface area contributed by atoms with Crippen LogP contribution in [0.25, 0.3) is 4.85 Å². The molecule has 0 radical (unpaired) electrons. The van der Waals surface area contributed by atoms with Gasteiger partial charge in [-0.3, -0.25) is 0 Å². The van der Waals surface area contributed by atoms with E-state index in [1.807, 2.05) is 0 Å². The first-order chi connectivity index (χ1) is 10.8. The zero-order valence-corrected chi connectivity index (χ0v) is 13.9. The van der Waals surface area contributed by atoms with Crippen molar-refractivity contribution in [1.29, 1.82) is 0 Å². The van der Waals surface area contributed by atoms with Gasteiger partial charge in [0.2, 0.25) is 0 Å². The third-order valence-electron chi connectivity index (χ3n) is 3.36. The fourth-order valence-corrected chi connectivity index (χ4v) is 4.83. The number of halogens is 2. The summed E-state index contributed by atoms with van der Waals surface area (Å²) < 4.78 is 43.1. The molecule has 1 atom stereocenters. The summed E-state index contributed by atoms with van der Waals surface area (Å²) in [5.41, 5.74) is 0.309. The second-order valence-corrected chi connectivity index (χ2v) is 7.74. The summed E-state index contributed by atoms with van der Waals surface area (Å²) in [7, 11) is -3.52. The van der Waals surface area contributed by atoms with E-state index in [-0.39, 0.29) is 37.9 Å². The van der Waals surface area contributed by atoms with Gasteiger partial charge in [0.05, 0.1) is 27.8 Å². The first-order valence-electron chi connectivity index (χ1n) is 6.41.